The molecule has 4 heteroatoms. The van der Waals surface area contributed by atoms with E-state index in [4.69, 9.17) is 9.47 Å². The molecular weight excluding hydrogens is 246 g/mol. The van der Waals surface area contributed by atoms with Crippen molar-refractivity contribution in [2.24, 2.45) is 0 Å². The number of nitrogens with zero attached hydrogens (tertiary/aromatic N) is 1. The monoisotopic (exact) mass is 269 g/mol. The number of aryl methyl sites for hydroxylation is 1. The van der Waals surface area contributed by atoms with Crippen molar-refractivity contribution in [3.63, 3.8) is 0 Å². The van der Waals surface area contributed by atoms with Crippen LogP contribution in [-0.2, 0) is 0 Å². The molecule has 0 amide bonds. The molecule has 1 aromatic carbocycles. The summed E-state index contributed by atoms with van der Waals surface area (Å²) in [5, 5.41) is 0. The van der Waals surface area contributed by atoms with E-state index in [0.29, 0.717) is 0 Å². The number of benzene rings is 1. The quantitative estimate of drug-likeness (QED) is 0.803. The van der Waals surface area contributed by atoms with Gasteiger partial charge in [0, 0.05) is 11.6 Å². The zero-order valence-corrected chi connectivity index (χ0v) is 12.8. The molecule has 0 heterocycles. The van der Waals surface area contributed by atoms with Crippen molar-refractivity contribution in [3.8, 4) is 11.5 Å². The summed E-state index contributed by atoms with van der Waals surface area (Å²) < 4.78 is 10.9. The molecule has 0 N–H and O–H groups in total. The molecule has 0 fully saturated rings. The Balaban J connectivity index is 3.25. The fraction of sp³-hybridized carbons (Fsp3) is 0.571. The minimum Gasteiger partial charge on any atom is -0.496 e. The Hall–Kier alpha value is -0.870. The predicted octanol–water partition coefficient (Wildman–Crippen LogP) is 2.93. The summed E-state index contributed by atoms with van der Waals surface area (Å²) in [5.74, 6) is 2.65. The Morgan fingerprint density at radius 3 is 2.22 bits per heavy atom. The summed E-state index contributed by atoms with van der Waals surface area (Å²) in [6.07, 6.45) is 0.971. The molecule has 0 spiro atoms. The molecule has 0 radical (unpaired) electrons. The minimum atomic E-state index is 0.284. The number of hydrogen-bond acceptors (Lipinski definition) is 4. The van der Waals surface area contributed by atoms with Crippen LogP contribution in [0.1, 0.15) is 23.6 Å². The Bertz CT molecular complexity index is 394. The summed E-state index contributed by atoms with van der Waals surface area (Å²) in [5.41, 5.74) is 2.24. The third-order valence-corrected chi connectivity index (χ3v) is 3.39. The van der Waals surface area contributed by atoms with Crippen molar-refractivity contribution in [3.05, 3.63) is 23.3 Å². The first kappa shape index (κ1) is 15.2. The van der Waals surface area contributed by atoms with Gasteiger partial charge in [-0.25, -0.2) is 0 Å². The smallest absolute Gasteiger partial charge is 0.124 e. The van der Waals surface area contributed by atoms with Gasteiger partial charge in [0.05, 0.1) is 14.2 Å². The van der Waals surface area contributed by atoms with Crippen LogP contribution in [-0.4, -0.2) is 39.0 Å². The van der Waals surface area contributed by atoms with Crippen molar-refractivity contribution in [2.75, 3.05) is 34.1 Å². The van der Waals surface area contributed by atoms with E-state index in [1.165, 1.54) is 0 Å². The highest BCUT2D eigenvalue weighted by Gasteiger charge is 2.19. The summed E-state index contributed by atoms with van der Waals surface area (Å²) >= 11 is 4.34. The van der Waals surface area contributed by atoms with Gasteiger partial charge in [-0.1, -0.05) is 0 Å². The van der Waals surface area contributed by atoms with Crippen LogP contribution in [0.25, 0.3) is 0 Å². The van der Waals surface area contributed by atoms with E-state index in [9.17, 15) is 0 Å². The van der Waals surface area contributed by atoms with Gasteiger partial charge in [0.2, 0.25) is 0 Å². The van der Waals surface area contributed by atoms with E-state index in [1.54, 1.807) is 14.2 Å². The highest BCUT2D eigenvalue weighted by Crippen LogP contribution is 2.35. The Morgan fingerprint density at radius 1 is 1.17 bits per heavy atom. The standard InChI is InChI=1S/C14H23NO2S/c1-10-8-14(17-5)11(9-13(10)16-4)12(6-7-18)15(2)3/h8-9,12,18H,6-7H2,1-5H3. The van der Waals surface area contributed by atoms with E-state index in [2.05, 4.69) is 37.7 Å². The lowest BCUT2D eigenvalue weighted by Crippen LogP contribution is -2.21. The number of thiol groups is 1. The number of methoxy groups -OCH3 is 2. The van der Waals surface area contributed by atoms with Crippen LogP contribution in [0.4, 0.5) is 0 Å². The van der Waals surface area contributed by atoms with Gasteiger partial charge in [-0.3, -0.25) is 0 Å². The van der Waals surface area contributed by atoms with Gasteiger partial charge in [-0.2, -0.15) is 12.6 Å². The van der Waals surface area contributed by atoms with Crippen LogP contribution < -0.4 is 9.47 Å². The number of ether oxygens (including phenoxy) is 2. The molecule has 0 saturated heterocycles. The van der Waals surface area contributed by atoms with Gasteiger partial charge in [-0.15, -0.1) is 0 Å². The first-order chi connectivity index (χ1) is 8.54. The third kappa shape index (κ3) is 3.33. The second-order valence-corrected chi connectivity index (χ2v) is 5.00. The molecule has 0 aliphatic heterocycles. The first-order valence-corrected chi connectivity index (χ1v) is 6.68. The highest BCUT2D eigenvalue weighted by atomic mass is 32.1. The highest BCUT2D eigenvalue weighted by molar-refractivity contribution is 7.80. The number of rotatable bonds is 6. The lowest BCUT2D eigenvalue weighted by Gasteiger charge is -2.26. The minimum absolute atomic E-state index is 0.284. The van der Waals surface area contributed by atoms with Crippen molar-refractivity contribution >= 4 is 12.6 Å². The fourth-order valence-electron chi connectivity index (χ4n) is 2.15. The van der Waals surface area contributed by atoms with Gasteiger partial charge in [0.15, 0.2) is 0 Å². The van der Waals surface area contributed by atoms with Crippen molar-refractivity contribution < 1.29 is 9.47 Å². The maximum Gasteiger partial charge on any atom is 0.124 e. The molecule has 1 unspecified atom stereocenters. The van der Waals surface area contributed by atoms with E-state index in [0.717, 1.165) is 34.8 Å². The van der Waals surface area contributed by atoms with Crippen LogP contribution in [0.3, 0.4) is 0 Å². The normalized spacial score (nSPS) is 12.6. The Kier molecular flexibility index (Phi) is 5.82. The predicted molar refractivity (Wildman–Crippen MR) is 79.2 cm³/mol. The molecule has 1 aromatic rings. The topological polar surface area (TPSA) is 21.7 Å². The molecule has 0 aliphatic rings. The van der Waals surface area contributed by atoms with Gasteiger partial charge in [-0.05, 0) is 50.9 Å². The Morgan fingerprint density at radius 2 is 1.78 bits per heavy atom. The number of hydrogen-bond donors (Lipinski definition) is 1. The summed E-state index contributed by atoms with van der Waals surface area (Å²) in [4.78, 5) is 2.18. The van der Waals surface area contributed by atoms with Crippen LogP contribution in [0.15, 0.2) is 12.1 Å². The molecule has 1 rings (SSSR count). The average Bonchev–Trinajstić information content (AvgIpc) is 2.35. The van der Waals surface area contributed by atoms with Crippen molar-refractivity contribution in [1.29, 1.82) is 0 Å². The van der Waals surface area contributed by atoms with E-state index in [1.807, 2.05) is 13.0 Å². The third-order valence-electron chi connectivity index (χ3n) is 3.13. The van der Waals surface area contributed by atoms with Crippen LogP contribution in [0, 0.1) is 6.92 Å². The largest absolute Gasteiger partial charge is 0.496 e. The first-order valence-electron chi connectivity index (χ1n) is 6.05. The summed E-state index contributed by atoms with van der Waals surface area (Å²) in [7, 11) is 7.54. The van der Waals surface area contributed by atoms with Gasteiger partial charge >= 0.3 is 0 Å². The second-order valence-electron chi connectivity index (χ2n) is 4.56. The zero-order valence-electron chi connectivity index (χ0n) is 11.9. The second kappa shape index (κ2) is 6.90. The van der Waals surface area contributed by atoms with E-state index < -0.39 is 0 Å². The van der Waals surface area contributed by atoms with E-state index >= 15 is 0 Å². The average molecular weight is 269 g/mol. The van der Waals surface area contributed by atoms with Crippen LogP contribution in [0.2, 0.25) is 0 Å². The molecule has 0 aliphatic carbocycles. The van der Waals surface area contributed by atoms with Gasteiger partial charge < -0.3 is 14.4 Å². The van der Waals surface area contributed by atoms with Crippen molar-refractivity contribution in [2.45, 2.75) is 19.4 Å². The Labute approximate surface area is 115 Å². The SMILES string of the molecule is COc1cc(C(CCS)N(C)C)c(OC)cc1C. The maximum absolute atomic E-state index is 5.50. The molecule has 3 nitrogen and oxygen atoms in total. The van der Waals surface area contributed by atoms with Crippen molar-refractivity contribution in [1.82, 2.24) is 4.90 Å². The molecule has 0 aromatic heterocycles. The molecule has 0 saturated carbocycles. The van der Waals surface area contributed by atoms with Gasteiger partial charge in [0.25, 0.3) is 0 Å². The zero-order chi connectivity index (χ0) is 13.7. The molecule has 102 valence electrons. The molecular formula is C14H23NO2S. The molecule has 18 heavy (non-hydrogen) atoms. The lowest BCUT2D eigenvalue weighted by atomic mass is 10.00. The summed E-state index contributed by atoms with van der Waals surface area (Å²) in [6.45, 7) is 2.02. The van der Waals surface area contributed by atoms with Gasteiger partial charge in [0.1, 0.15) is 11.5 Å². The summed E-state index contributed by atoms with van der Waals surface area (Å²) in [6, 6.07) is 4.39. The van der Waals surface area contributed by atoms with Crippen LogP contribution in [0.5, 0.6) is 11.5 Å². The molecule has 1 atom stereocenters. The molecule has 0 bridgehead atoms. The van der Waals surface area contributed by atoms with Crippen LogP contribution >= 0.6 is 12.6 Å². The lowest BCUT2D eigenvalue weighted by molar-refractivity contribution is 0.282. The van der Waals surface area contributed by atoms with E-state index in [-0.39, 0.29) is 6.04 Å². The maximum atomic E-state index is 5.50. The fourth-order valence-corrected chi connectivity index (χ4v) is 2.39.